The van der Waals surface area contributed by atoms with Crippen LogP contribution in [0.5, 0.6) is 0 Å². The van der Waals surface area contributed by atoms with Gasteiger partial charge >= 0.3 is 0 Å². The van der Waals surface area contributed by atoms with Crippen LogP contribution in [0.3, 0.4) is 0 Å². The van der Waals surface area contributed by atoms with Gasteiger partial charge in [-0.3, -0.25) is 4.79 Å². The number of amides is 1. The first kappa shape index (κ1) is 15.0. The first-order chi connectivity index (χ1) is 9.52. The van der Waals surface area contributed by atoms with Gasteiger partial charge in [0.1, 0.15) is 0 Å². The first-order valence-electron chi connectivity index (χ1n) is 6.84. The molecule has 0 aromatic heterocycles. The molecule has 0 radical (unpaired) electrons. The van der Waals surface area contributed by atoms with E-state index in [9.17, 15) is 13.2 Å². The molecular weight excluding hydrogens is 276 g/mol. The molecule has 1 aliphatic heterocycles. The summed E-state index contributed by atoms with van der Waals surface area (Å²) < 4.78 is 25.8. The highest BCUT2D eigenvalue weighted by molar-refractivity contribution is 7.89. The maximum atomic E-state index is 12.0. The van der Waals surface area contributed by atoms with Crippen molar-refractivity contribution >= 4 is 21.6 Å². The average Bonchev–Trinajstić information content (AvgIpc) is 2.79. The molecule has 1 aromatic carbocycles. The number of hydrogen-bond donors (Lipinski definition) is 1. The molecule has 1 aliphatic rings. The molecule has 1 heterocycles. The van der Waals surface area contributed by atoms with Gasteiger partial charge in [-0.15, -0.1) is 0 Å². The zero-order valence-corrected chi connectivity index (χ0v) is 12.4. The monoisotopic (exact) mass is 296 g/mol. The van der Waals surface area contributed by atoms with Crippen LogP contribution >= 0.6 is 0 Å². The van der Waals surface area contributed by atoms with Gasteiger partial charge in [0.15, 0.2) is 0 Å². The van der Waals surface area contributed by atoms with Crippen molar-refractivity contribution in [2.75, 3.05) is 23.7 Å². The van der Waals surface area contributed by atoms with Crippen LogP contribution in [-0.2, 0) is 14.8 Å². The van der Waals surface area contributed by atoms with E-state index in [0.29, 0.717) is 25.9 Å². The molecule has 0 bridgehead atoms. The van der Waals surface area contributed by atoms with Gasteiger partial charge in [0, 0.05) is 25.2 Å². The molecule has 1 amide bonds. The standard InChI is InChI=1S/C14H20N2O3S/c1-2-8-20(18,19)15-10-12-9-14(17)16(11-12)13-6-4-3-5-7-13/h3-7,12,15H,2,8-11H2,1H3. The summed E-state index contributed by atoms with van der Waals surface area (Å²) in [6.07, 6.45) is 0.985. The Labute approximate surface area is 120 Å². The van der Waals surface area contributed by atoms with Crippen LogP contribution < -0.4 is 9.62 Å². The van der Waals surface area contributed by atoms with Crippen molar-refractivity contribution in [1.29, 1.82) is 0 Å². The van der Waals surface area contributed by atoms with E-state index in [4.69, 9.17) is 0 Å². The minimum Gasteiger partial charge on any atom is -0.312 e. The van der Waals surface area contributed by atoms with Crippen molar-refractivity contribution in [1.82, 2.24) is 4.72 Å². The Morgan fingerprint density at radius 3 is 2.65 bits per heavy atom. The Kier molecular flexibility index (Phi) is 4.77. The first-order valence-corrected chi connectivity index (χ1v) is 8.50. The summed E-state index contributed by atoms with van der Waals surface area (Å²) in [6, 6.07) is 9.46. The number of anilines is 1. The molecule has 5 nitrogen and oxygen atoms in total. The third kappa shape index (κ3) is 3.80. The molecule has 1 fully saturated rings. The van der Waals surface area contributed by atoms with Crippen LogP contribution in [-0.4, -0.2) is 33.2 Å². The third-order valence-electron chi connectivity index (χ3n) is 3.34. The number of sulfonamides is 1. The van der Waals surface area contributed by atoms with Crippen LogP contribution in [0.2, 0.25) is 0 Å². The maximum Gasteiger partial charge on any atom is 0.227 e. The number of nitrogens with one attached hydrogen (secondary N) is 1. The SMILES string of the molecule is CCCS(=O)(=O)NCC1CC(=O)N(c2ccccc2)C1. The van der Waals surface area contributed by atoms with Gasteiger partial charge in [-0.2, -0.15) is 0 Å². The van der Waals surface area contributed by atoms with Gasteiger partial charge in [0.2, 0.25) is 15.9 Å². The van der Waals surface area contributed by atoms with Crippen LogP contribution in [0.4, 0.5) is 5.69 Å². The van der Waals surface area contributed by atoms with Crippen LogP contribution in [0.15, 0.2) is 30.3 Å². The molecule has 1 unspecified atom stereocenters. The van der Waals surface area contributed by atoms with E-state index in [-0.39, 0.29) is 17.6 Å². The Bertz CT molecular complexity index is 557. The fourth-order valence-corrected chi connectivity index (χ4v) is 3.53. The van der Waals surface area contributed by atoms with Crippen LogP contribution in [0.1, 0.15) is 19.8 Å². The predicted molar refractivity (Wildman–Crippen MR) is 79.0 cm³/mol. The number of benzene rings is 1. The lowest BCUT2D eigenvalue weighted by Gasteiger charge is -2.16. The number of hydrogen-bond acceptors (Lipinski definition) is 3. The van der Waals surface area contributed by atoms with Gasteiger partial charge in [-0.05, 0) is 24.5 Å². The second-order valence-electron chi connectivity index (χ2n) is 5.08. The number of carbonyl (C=O) groups is 1. The van der Waals surface area contributed by atoms with E-state index in [1.807, 2.05) is 37.3 Å². The fraction of sp³-hybridized carbons (Fsp3) is 0.500. The summed E-state index contributed by atoms with van der Waals surface area (Å²) in [4.78, 5) is 13.7. The molecule has 0 spiro atoms. The predicted octanol–water partition coefficient (Wildman–Crippen LogP) is 1.37. The molecule has 0 saturated carbocycles. The smallest absolute Gasteiger partial charge is 0.227 e. The van der Waals surface area contributed by atoms with E-state index < -0.39 is 10.0 Å². The van der Waals surface area contributed by atoms with Gasteiger partial charge in [-0.25, -0.2) is 13.1 Å². The van der Waals surface area contributed by atoms with Crippen molar-refractivity contribution in [3.05, 3.63) is 30.3 Å². The highest BCUT2D eigenvalue weighted by Gasteiger charge is 2.30. The summed E-state index contributed by atoms with van der Waals surface area (Å²) in [5.41, 5.74) is 0.872. The molecule has 1 saturated heterocycles. The quantitative estimate of drug-likeness (QED) is 0.862. The average molecular weight is 296 g/mol. The van der Waals surface area contributed by atoms with E-state index in [1.165, 1.54) is 0 Å². The Morgan fingerprint density at radius 1 is 1.30 bits per heavy atom. The van der Waals surface area contributed by atoms with Crippen molar-refractivity contribution < 1.29 is 13.2 Å². The number of nitrogens with zero attached hydrogens (tertiary/aromatic N) is 1. The van der Waals surface area contributed by atoms with Crippen molar-refractivity contribution in [3.63, 3.8) is 0 Å². The lowest BCUT2D eigenvalue weighted by molar-refractivity contribution is -0.117. The zero-order chi connectivity index (χ0) is 14.6. The third-order valence-corrected chi connectivity index (χ3v) is 4.89. The van der Waals surface area contributed by atoms with Gasteiger partial charge in [-0.1, -0.05) is 25.1 Å². The fourth-order valence-electron chi connectivity index (χ4n) is 2.36. The lowest BCUT2D eigenvalue weighted by atomic mass is 10.1. The zero-order valence-electron chi connectivity index (χ0n) is 11.6. The second kappa shape index (κ2) is 6.37. The van der Waals surface area contributed by atoms with Crippen LogP contribution in [0.25, 0.3) is 0 Å². The summed E-state index contributed by atoms with van der Waals surface area (Å²) in [5.74, 6) is 0.223. The number of para-hydroxylation sites is 1. The molecule has 20 heavy (non-hydrogen) atoms. The van der Waals surface area contributed by atoms with Gasteiger partial charge < -0.3 is 4.90 Å². The summed E-state index contributed by atoms with van der Waals surface area (Å²) >= 11 is 0. The topological polar surface area (TPSA) is 66.5 Å². The number of rotatable bonds is 6. The highest BCUT2D eigenvalue weighted by Crippen LogP contribution is 2.24. The minimum atomic E-state index is -3.20. The molecule has 2 rings (SSSR count). The van der Waals surface area contributed by atoms with Crippen molar-refractivity contribution in [2.24, 2.45) is 5.92 Å². The summed E-state index contributed by atoms with van der Waals surface area (Å²) in [7, 11) is -3.20. The van der Waals surface area contributed by atoms with Gasteiger partial charge in [0.25, 0.3) is 0 Å². The second-order valence-corrected chi connectivity index (χ2v) is 7.00. The van der Waals surface area contributed by atoms with E-state index in [0.717, 1.165) is 5.69 Å². The molecule has 6 heteroatoms. The Morgan fingerprint density at radius 2 is 2.00 bits per heavy atom. The summed E-state index contributed by atoms with van der Waals surface area (Å²) in [5, 5.41) is 0. The lowest BCUT2D eigenvalue weighted by Crippen LogP contribution is -2.32. The van der Waals surface area contributed by atoms with E-state index >= 15 is 0 Å². The van der Waals surface area contributed by atoms with E-state index in [2.05, 4.69) is 4.72 Å². The molecule has 0 aliphatic carbocycles. The molecule has 1 N–H and O–H groups in total. The molecule has 110 valence electrons. The van der Waals surface area contributed by atoms with Gasteiger partial charge in [0.05, 0.1) is 5.75 Å². The van der Waals surface area contributed by atoms with Crippen molar-refractivity contribution in [3.8, 4) is 0 Å². The van der Waals surface area contributed by atoms with Crippen LogP contribution in [0, 0.1) is 5.92 Å². The summed E-state index contributed by atoms with van der Waals surface area (Å²) in [6.45, 7) is 2.73. The molecule has 1 atom stereocenters. The molecule has 1 aromatic rings. The Hall–Kier alpha value is -1.40. The normalized spacial score (nSPS) is 19.6. The minimum absolute atomic E-state index is 0.0364. The van der Waals surface area contributed by atoms with Crippen molar-refractivity contribution in [2.45, 2.75) is 19.8 Å². The number of carbonyl (C=O) groups excluding carboxylic acids is 1. The van der Waals surface area contributed by atoms with E-state index in [1.54, 1.807) is 4.90 Å². The largest absolute Gasteiger partial charge is 0.312 e. The highest BCUT2D eigenvalue weighted by atomic mass is 32.2. The maximum absolute atomic E-state index is 12.0. The molecular formula is C14H20N2O3S. The Balaban J connectivity index is 1.93.